The third-order valence-electron chi connectivity index (χ3n) is 4.27. The highest BCUT2D eigenvalue weighted by Crippen LogP contribution is 2.34. The summed E-state index contributed by atoms with van der Waals surface area (Å²) in [6, 6.07) is 1.76. The average molecular weight is 364 g/mol. The normalized spacial score (nSPS) is 16.1. The van der Waals surface area contributed by atoms with Gasteiger partial charge in [0.05, 0.1) is 25.6 Å². The first kappa shape index (κ1) is 17.8. The molecular formula is C17H18F2N4O3. The molecular weight excluding hydrogens is 346 g/mol. The Morgan fingerprint density at radius 2 is 2.23 bits per heavy atom. The van der Waals surface area contributed by atoms with Crippen molar-refractivity contribution >= 4 is 12.0 Å². The van der Waals surface area contributed by atoms with Crippen LogP contribution in [0.3, 0.4) is 0 Å². The van der Waals surface area contributed by atoms with Gasteiger partial charge in [-0.05, 0) is 18.2 Å². The van der Waals surface area contributed by atoms with Crippen molar-refractivity contribution in [3.63, 3.8) is 0 Å². The van der Waals surface area contributed by atoms with Crippen LogP contribution in [0.1, 0.15) is 29.4 Å². The molecule has 0 unspecified atom stereocenters. The van der Waals surface area contributed by atoms with Crippen molar-refractivity contribution in [1.82, 2.24) is 20.2 Å². The predicted octanol–water partition coefficient (Wildman–Crippen LogP) is 1.91. The van der Waals surface area contributed by atoms with Gasteiger partial charge in [0.15, 0.2) is 0 Å². The monoisotopic (exact) mass is 364 g/mol. The third kappa shape index (κ3) is 3.51. The topological polar surface area (TPSA) is 87.3 Å². The van der Waals surface area contributed by atoms with E-state index in [0.29, 0.717) is 18.7 Å². The van der Waals surface area contributed by atoms with Gasteiger partial charge in [0, 0.05) is 30.8 Å². The molecule has 9 heteroatoms. The van der Waals surface area contributed by atoms with Crippen molar-refractivity contribution < 1.29 is 23.1 Å². The number of carbonyl (C=O) groups is 2. The molecule has 0 bridgehead atoms. The third-order valence-corrected chi connectivity index (χ3v) is 4.27. The molecule has 7 nitrogen and oxygen atoms in total. The molecule has 3 rings (SSSR count). The molecule has 1 aromatic heterocycles. The zero-order chi connectivity index (χ0) is 18.7. The van der Waals surface area contributed by atoms with Gasteiger partial charge >= 0.3 is 12.0 Å². The number of methoxy groups -OCH3 is 1. The lowest BCUT2D eigenvalue weighted by Gasteiger charge is -2.35. The zero-order valence-corrected chi connectivity index (χ0v) is 14.1. The maximum absolute atomic E-state index is 14.4. The summed E-state index contributed by atoms with van der Waals surface area (Å²) < 4.78 is 32.6. The first-order chi connectivity index (χ1) is 12.5. The Labute approximate surface area is 148 Å². The van der Waals surface area contributed by atoms with E-state index in [1.54, 1.807) is 0 Å². The van der Waals surface area contributed by atoms with E-state index < -0.39 is 29.7 Å². The highest BCUT2D eigenvalue weighted by Gasteiger charge is 2.35. The maximum atomic E-state index is 14.4. The van der Waals surface area contributed by atoms with Gasteiger partial charge < -0.3 is 19.9 Å². The average Bonchev–Trinajstić information content (AvgIpc) is 3.11. The number of ether oxygens (including phenoxy) is 1. The number of rotatable bonds is 4. The highest BCUT2D eigenvalue weighted by molar-refractivity contribution is 5.77. The van der Waals surface area contributed by atoms with Crippen LogP contribution in [-0.4, -0.2) is 47.1 Å². The van der Waals surface area contributed by atoms with Crippen LogP contribution < -0.4 is 5.32 Å². The minimum Gasteiger partial charge on any atom is -0.469 e. The van der Waals surface area contributed by atoms with Gasteiger partial charge in [-0.15, -0.1) is 0 Å². The number of hydrogen-bond acceptors (Lipinski definition) is 4. The van der Waals surface area contributed by atoms with Crippen LogP contribution in [0.5, 0.6) is 0 Å². The highest BCUT2D eigenvalue weighted by atomic mass is 19.1. The molecule has 0 fully saturated rings. The van der Waals surface area contributed by atoms with Crippen LogP contribution >= 0.6 is 0 Å². The molecule has 26 heavy (non-hydrogen) atoms. The number of H-pyrrole nitrogens is 1. The molecule has 0 spiro atoms. The van der Waals surface area contributed by atoms with E-state index in [0.717, 1.165) is 23.9 Å². The number of aromatic nitrogens is 2. The van der Waals surface area contributed by atoms with Crippen LogP contribution in [0.15, 0.2) is 24.5 Å². The smallest absolute Gasteiger partial charge is 0.318 e. The fraction of sp³-hybridized carbons (Fsp3) is 0.353. The van der Waals surface area contributed by atoms with Crippen LogP contribution in [0.4, 0.5) is 13.6 Å². The first-order valence-corrected chi connectivity index (χ1v) is 8.09. The van der Waals surface area contributed by atoms with Gasteiger partial charge in [-0.25, -0.2) is 18.6 Å². The lowest BCUT2D eigenvalue weighted by Crippen LogP contribution is -2.46. The van der Waals surface area contributed by atoms with Crippen molar-refractivity contribution in [2.75, 3.05) is 20.2 Å². The number of benzene rings is 1. The van der Waals surface area contributed by atoms with E-state index in [9.17, 15) is 18.4 Å². The molecule has 0 radical (unpaired) electrons. The Morgan fingerprint density at radius 3 is 3.00 bits per heavy atom. The number of amides is 2. The van der Waals surface area contributed by atoms with Crippen LogP contribution in [0.2, 0.25) is 0 Å². The number of hydrogen-bond donors (Lipinski definition) is 2. The van der Waals surface area contributed by atoms with Crippen LogP contribution in [0, 0.1) is 11.6 Å². The van der Waals surface area contributed by atoms with Crippen molar-refractivity contribution in [3.05, 3.63) is 53.1 Å². The second-order valence-corrected chi connectivity index (χ2v) is 5.84. The molecule has 1 aliphatic heterocycles. The lowest BCUT2D eigenvalue weighted by atomic mass is 9.95. The van der Waals surface area contributed by atoms with E-state index in [2.05, 4.69) is 20.0 Å². The lowest BCUT2D eigenvalue weighted by molar-refractivity contribution is -0.140. The van der Waals surface area contributed by atoms with Gasteiger partial charge in [-0.3, -0.25) is 4.79 Å². The second-order valence-electron chi connectivity index (χ2n) is 5.84. The largest absolute Gasteiger partial charge is 0.469 e. The van der Waals surface area contributed by atoms with E-state index in [4.69, 9.17) is 0 Å². The maximum Gasteiger partial charge on any atom is 0.318 e. The summed E-state index contributed by atoms with van der Waals surface area (Å²) in [4.78, 5) is 32.3. The summed E-state index contributed by atoms with van der Waals surface area (Å²) in [5, 5.41) is 2.61. The molecule has 1 aromatic carbocycles. The number of nitrogens with one attached hydrogen (secondary N) is 2. The summed E-state index contributed by atoms with van der Waals surface area (Å²) in [6.07, 6.45) is 1.99. The number of esters is 1. The van der Waals surface area contributed by atoms with Gasteiger partial charge in [0.25, 0.3) is 0 Å². The Bertz CT molecular complexity index is 824. The minimum absolute atomic E-state index is 0.0166. The Balaban J connectivity index is 1.88. The van der Waals surface area contributed by atoms with Gasteiger partial charge in [0.1, 0.15) is 17.7 Å². The summed E-state index contributed by atoms with van der Waals surface area (Å²) in [5.41, 5.74) is 1.28. The fourth-order valence-electron chi connectivity index (χ4n) is 3.01. The van der Waals surface area contributed by atoms with Gasteiger partial charge in [-0.2, -0.15) is 0 Å². The van der Waals surface area contributed by atoms with Crippen molar-refractivity contribution in [2.45, 2.75) is 18.9 Å². The van der Waals surface area contributed by atoms with E-state index in [1.165, 1.54) is 18.3 Å². The van der Waals surface area contributed by atoms with E-state index in [1.807, 2.05) is 0 Å². The van der Waals surface area contributed by atoms with Crippen molar-refractivity contribution in [1.29, 1.82) is 0 Å². The minimum atomic E-state index is -0.862. The van der Waals surface area contributed by atoms with Crippen LogP contribution in [0.25, 0.3) is 0 Å². The van der Waals surface area contributed by atoms with E-state index in [-0.39, 0.29) is 18.5 Å². The zero-order valence-electron chi connectivity index (χ0n) is 14.1. The molecule has 0 saturated carbocycles. The van der Waals surface area contributed by atoms with Crippen LogP contribution in [-0.2, 0) is 16.0 Å². The van der Waals surface area contributed by atoms with Gasteiger partial charge in [-0.1, -0.05) is 0 Å². The quantitative estimate of drug-likeness (QED) is 0.812. The molecule has 0 aliphatic carbocycles. The fourth-order valence-corrected chi connectivity index (χ4v) is 3.01. The SMILES string of the molecule is COC(=O)CCNC(=O)N1CCc2[nH]cnc2[C@@H]1c1cc(F)ccc1F. The number of aromatic amines is 1. The summed E-state index contributed by atoms with van der Waals surface area (Å²) in [6.45, 7) is 0.369. The molecule has 1 aliphatic rings. The molecule has 1 atom stereocenters. The molecule has 2 N–H and O–H groups in total. The molecule has 138 valence electrons. The number of carbonyl (C=O) groups excluding carboxylic acids is 2. The van der Waals surface area contributed by atoms with E-state index >= 15 is 0 Å². The number of fused-ring (bicyclic) bond motifs is 1. The number of halogens is 2. The number of urea groups is 1. The molecule has 0 saturated heterocycles. The summed E-state index contributed by atoms with van der Waals surface area (Å²) in [7, 11) is 1.26. The summed E-state index contributed by atoms with van der Waals surface area (Å²) in [5.74, 6) is -1.68. The van der Waals surface area contributed by atoms with Crippen molar-refractivity contribution in [2.24, 2.45) is 0 Å². The number of imidazole rings is 1. The first-order valence-electron chi connectivity index (χ1n) is 8.09. The van der Waals surface area contributed by atoms with Gasteiger partial charge in [0.2, 0.25) is 0 Å². The summed E-state index contributed by atoms with van der Waals surface area (Å²) >= 11 is 0. The molecule has 2 heterocycles. The standard InChI is InChI=1S/C17H18F2N4O3/c1-26-14(24)4-6-20-17(25)23-7-5-13-15(22-9-21-13)16(23)11-8-10(18)2-3-12(11)19/h2-3,8-9,16H,4-7H2,1H3,(H,20,25)(H,21,22)/t16-/m0/s1. The Hall–Kier alpha value is -2.97. The Morgan fingerprint density at radius 1 is 1.42 bits per heavy atom. The number of nitrogens with zero attached hydrogens (tertiary/aromatic N) is 2. The van der Waals surface area contributed by atoms with Crippen molar-refractivity contribution in [3.8, 4) is 0 Å². The molecule has 2 amide bonds. The second kappa shape index (κ2) is 7.51. The predicted molar refractivity (Wildman–Crippen MR) is 87.2 cm³/mol. The molecule has 2 aromatic rings. The Kier molecular flexibility index (Phi) is 5.15.